The lowest BCUT2D eigenvalue weighted by Crippen LogP contribution is -2.39. The van der Waals surface area contributed by atoms with Gasteiger partial charge in [-0.15, -0.1) is 0 Å². The third-order valence-corrected chi connectivity index (χ3v) is 3.19. The lowest BCUT2D eigenvalue weighted by molar-refractivity contribution is 0.229. The van der Waals surface area contributed by atoms with Crippen molar-refractivity contribution in [1.29, 1.82) is 0 Å². The van der Waals surface area contributed by atoms with E-state index in [-0.39, 0.29) is 0 Å². The first-order chi connectivity index (χ1) is 7.13. The maximum absolute atomic E-state index is 6.12. The first-order valence-corrected chi connectivity index (χ1v) is 6.63. The van der Waals surface area contributed by atoms with Crippen LogP contribution in [0.4, 0.5) is 0 Å². The third-order valence-electron chi connectivity index (χ3n) is 3.19. The van der Waals surface area contributed by atoms with Crippen LogP contribution in [-0.4, -0.2) is 30.1 Å². The second kappa shape index (κ2) is 6.49. The molecule has 1 fully saturated rings. The van der Waals surface area contributed by atoms with Gasteiger partial charge in [0.05, 0.1) is 0 Å². The summed E-state index contributed by atoms with van der Waals surface area (Å²) in [5, 5.41) is 0. The van der Waals surface area contributed by atoms with Gasteiger partial charge >= 0.3 is 0 Å². The fourth-order valence-electron chi connectivity index (χ4n) is 2.05. The molecule has 0 heterocycles. The normalized spacial score (nSPS) is 18.8. The number of hydrogen-bond donors (Lipinski definition) is 1. The molecule has 0 aromatic heterocycles. The van der Waals surface area contributed by atoms with Crippen LogP contribution in [0, 0.1) is 5.92 Å². The average Bonchev–Trinajstić information content (AvgIpc) is 2.95. The van der Waals surface area contributed by atoms with Gasteiger partial charge in [-0.2, -0.15) is 0 Å². The van der Waals surface area contributed by atoms with Crippen molar-refractivity contribution in [1.82, 2.24) is 4.90 Å². The molecule has 1 aliphatic carbocycles. The Morgan fingerprint density at radius 3 is 2.40 bits per heavy atom. The Kier molecular flexibility index (Phi) is 5.62. The predicted molar refractivity (Wildman–Crippen MR) is 66.9 cm³/mol. The first-order valence-electron chi connectivity index (χ1n) is 6.63. The van der Waals surface area contributed by atoms with Gasteiger partial charge in [0.15, 0.2) is 0 Å². The van der Waals surface area contributed by atoms with Gasteiger partial charge in [0, 0.05) is 18.6 Å². The SMILES string of the molecule is CCCC(N)CN(CCC(C)C)C1CC1. The maximum Gasteiger partial charge on any atom is 0.0167 e. The van der Waals surface area contributed by atoms with E-state index in [9.17, 15) is 0 Å². The van der Waals surface area contributed by atoms with Crippen molar-refractivity contribution in [3.05, 3.63) is 0 Å². The summed E-state index contributed by atoms with van der Waals surface area (Å²) in [6, 6.07) is 1.26. The van der Waals surface area contributed by atoms with Crippen LogP contribution in [0.25, 0.3) is 0 Å². The molecule has 1 rings (SSSR count). The van der Waals surface area contributed by atoms with E-state index in [1.807, 2.05) is 0 Å². The largest absolute Gasteiger partial charge is 0.327 e. The monoisotopic (exact) mass is 212 g/mol. The van der Waals surface area contributed by atoms with Crippen LogP contribution < -0.4 is 5.73 Å². The fourth-order valence-corrected chi connectivity index (χ4v) is 2.05. The van der Waals surface area contributed by atoms with E-state index in [0.717, 1.165) is 18.5 Å². The van der Waals surface area contributed by atoms with Crippen LogP contribution in [0.15, 0.2) is 0 Å². The molecule has 0 spiro atoms. The number of nitrogens with zero attached hydrogens (tertiary/aromatic N) is 1. The van der Waals surface area contributed by atoms with Crippen molar-refractivity contribution < 1.29 is 0 Å². The highest BCUT2D eigenvalue weighted by Crippen LogP contribution is 2.27. The summed E-state index contributed by atoms with van der Waals surface area (Å²) in [4.78, 5) is 2.63. The minimum Gasteiger partial charge on any atom is -0.327 e. The quantitative estimate of drug-likeness (QED) is 0.670. The number of hydrogen-bond acceptors (Lipinski definition) is 2. The Morgan fingerprint density at radius 2 is 1.93 bits per heavy atom. The zero-order valence-electron chi connectivity index (χ0n) is 10.7. The molecule has 0 aromatic rings. The van der Waals surface area contributed by atoms with E-state index < -0.39 is 0 Å². The van der Waals surface area contributed by atoms with Crippen LogP contribution in [0.3, 0.4) is 0 Å². The molecule has 0 aliphatic heterocycles. The highest BCUT2D eigenvalue weighted by molar-refractivity contribution is 4.86. The zero-order chi connectivity index (χ0) is 11.3. The zero-order valence-corrected chi connectivity index (χ0v) is 10.7. The van der Waals surface area contributed by atoms with Gasteiger partial charge in [-0.25, -0.2) is 0 Å². The van der Waals surface area contributed by atoms with Crippen LogP contribution in [-0.2, 0) is 0 Å². The summed E-state index contributed by atoms with van der Waals surface area (Å²) in [5.74, 6) is 0.814. The molecule has 2 N–H and O–H groups in total. The van der Waals surface area contributed by atoms with Gasteiger partial charge < -0.3 is 5.73 Å². The smallest absolute Gasteiger partial charge is 0.0167 e. The molecule has 0 aromatic carbocycles. The predicted octanol–water partition coefficient (Wildman–Crippen LogP) is 2.62. The molecular weight excluding hydrogens is 184 g/mol. The standard InChI is InChI=1S/C13H28N2/c1-4-5-12(14)10-15(13-6-7-13)9-8-11(2)3/h11-13H,4-10,14H2,1-3H3. The van der Waals surface area contributed by atoms with Crippen molar-refractivity contribution in [3.8, 4) is 0 Å². The number of nitrogens with two attached hydrogens (primary N) is 1. The highest BCUT2D eigenvalue weighted by atomic mass is 15.2. The molecule has 0 bridgehead atoms. The third kappa shape index (κ3) is 5.53. The minimum absolute atomic E-state index is 0.391. The summed E-state index contributed by atoms with van der Waals surface area (Å²) in [7, 11) is 0. The van der Waals surface area contributed by atoms with Crippen molar-refractivity contribution in [3.63, 3.8) is 0 Å². The number of rotatable bonds is 8. The summed E-state index contributed by atoms with van der Waals surface area (Å²) in [6.07, 6.45) is 6.50. The van der Waals surface area contributed by atoms with Crippen LogP contribution in [0.5, 0.6) is 0 Å². The van der Waals surface area contributed by atoms with Gasteiger partial charge in [-0.05, 0) is 38.1 Å². The van der Waals surface area contributed by atoms with E-state index in [0.29, 0.717) is 6.04 Å². The Hall–Kier alpha value is -0.0800. The van der Waals surface area contributed by atoms with Crippen molar-refractivity contribution in [2.24, 2.45) is 11.7 Å². The molecule has 0 radical (unpaired) electrons. The lowest BCUT2D eigenvalue weighted by Gasteiger charge is -2.26. The van der Waals surface area contributed by atoms with Gasteiger partial charge in [0.1, 0.15) is 0 Å². The van der Waals surface area contributed by atoms with Gasteiger partial charge in [0.2, 0.25) is 0 Å². The van der Waals surface area contributed by atoms with Crippen LogP contribution in [0.1, 0.15) is 52.9 Å². The molecule has 0 amide bonds. The van der Waals surface area contributed by atoms with E-state index >= 15 is 0 Å². The van der Waals surface area contributed by atoms with Crippen molar-refractivity contribution in [2.75, 3.05) is 13.1 Å². The summed E-state index contributed by atoms with van der Waals surface area (Å²) < 4.78 is 0. The molecule has 15 heavy (non-hydrogen) atoms. The minimum atomic E-state index is 0.391. The lowest BCUT2D eigenvalue weighted by atomic mass is 10.1. The fraction of sp³-hybridized carbons (Fsp3) is 1.00. The van der Waals surface area contributed by atoms with E-state index in [1.54, 1.807) is 0 Å². The molecule has 1 atom stereocenters. The second-order valence-electron chi connectivity index (χ2n) is 5.46. The highest BCUT2D eigenvalue weighted by Gasteiger charge is 2.29. The Morgan fingerprint density at radius 1 is 1.27 bits per heavy atom. The van der Waals surface area contributed by atoms with E-state index in [4.69, 9.17) is 5.73 Å². The Bertz CT molecular complexity index is 164. The maximum atomic E-state index is 6.12. The summed E-state index contributed by atoms with van der Waals surface area (Å²) >= 11 is 0. The molecule has 2 heteroatoms. The van der Waals surface area contributed by atoms with E-state index in [2.05, 4.69) is 25.7 Å². The molecule has 2 nitrogen and oxygen atoms in total. The molecule has 1 aliphatic rings. The molecule has 0 saturated heterocycles. The average molecular weight is 212 g/mol. The molecule has 90 valence electrons. The van der Waals surface area contributed by atoms with Crippen molar-refractivity contribution in [2.45, 2.75) is 65.0 Å². The summed E-state index contributed by atoms with van der Waals surface area (Å²) in [5.41, 5.74) is 6.12. The van der Waals surface area contributed by atoms with E-state index in [1.165, 1.54) is 38.6 Å². The Balaban J connectivity index is 2.23. The summed E-state index contributed by atoms with van der Waals surface area (Å²) in [6.45, 7) is 9.19. The molecular formula is C13H28N2. The van der Waals surface area contributed by atoms with Crippen molar-refractivity contribution >= 4 is 0 Å². The molecule has 1 saturated carbocycles. The molecule has 1 unspecified atom stereocenters. The van der Waals surface area contributed by atoms with Crippen LogP contribution >= 0.6 is 0 Å². The first kappa shape index (κ1) is 13.0. The topological polar surface area (TPSA) is 29.3 Å². The second-order valence-corrected chi connectivity index (χ2v) is 5.46. The van der Waals surface area contributed by atoms with Gasteiger partial charge in [-0.1, -0.05) is 27.2 Å². The van der Waals surface area contributed by atoms with Gasteiger partial charge in [-0.3, -0.25) is 4.90 Å². The van der Waals surface area contributed by atoms with Gasteiger partial charge in [0.25, 0.3) is 0 Å². The van der Waals surface area contributed by atoms with Crippen LogP contribution in [0.2, 0.25) is 0 Å². The Labute approximate surface area is 95.2 Å².